The van der Waals surface area contributed by atoms with Crippen LogP contribution in [0, 0.1) is 32.2 Å². The molecule has 38 heavy (non-hydrogen) atoms. The first-order valence-corrected chi connectivity index (χ1v) is 13.6. The number of thioether (sulfide) groups is 1. The highest BCUT2D eigenvalue weighted by atomic mass is 32.2. The molecular formula is C28H33N6O3S+. The zero-order valence-electron chi connectivity index (χ0n) is 22.7. The average Bonchev–Trinajstić information content (AvgIpc) is 2.90. The molecule has 2 heterocycles. The van der Waals surface area contributed by atoms with Crippen LogP contribution in [0.5, 0.6) is 11.5 Å². The molecule has 3 aromatic rings. The number of nitriles is 1. The van der Waals surface area contributed by atoms with Crippen molar-refractivity contribution in [1.82, 2.24) is 9.13 Å². The van der Waals surface area contributed by atoms with E-state index in [0.717, 1.165) is 33.6 Å². The van der Waals surface area contributed by atoms with Gasteiger partial charge < -0.3 is 9.47 Å². The molecule has 9 nitrogen and oxygen atoms in total. The molecule has 0 fully saturated rings. The van der Waals surface area contributed by atoms with E-state index in [4.69, 9.17) is 19.7 Å². The quantitative estimate of drug-likeness (QED) is 0.298. The van der Waals surface area contributed by atoms with Crippen LogP contribution in [-0.2, 0) is 19.5 Å². The molecule has 2 aromatic carbocycles. The summed E-state index contributed by atoms with van der Waals surface area (Å²) in [7, 11) is 3.23. The van der Waals surface area contributed by atoms with Crippen LogP contribution in [0.3, 0.4) is 0 Å². The molecule has 2 N–H and O–H groups in total. The molecule has 1 aliphatic heterocycles. The van der Waals surface area contributed by atoms with Crippen molar-refractivity contribution >= 4 is 22.6 Å². The number of benzene rings is 2. The minimum absolute atomic E-state index is 0.125. The van der Waals surface area contributed by atoms with E-state index < -0.39 is 0 Å². The van der Waals surface area contributed by atoms with Crippen LogP contribution in [0.2, 0.25) is 0 Å². The van der Waals surface area contributed by atoms with Crippen LogP contribution in [0.15, 0.2) is 45.1 Å². The fraction of sp³-hybridized carbons (Fsp3) is 0.357. The van der Waals surface area contributed by atoms with Crippen LogP contribution in [0.25, 0.3) is 11.3 Å². The summed E-state index contributed by atoms with van der Waals surface area (Å²) < 4.78 is 14.6. The number of rotatable bonds is 6. The second-order valence-corrected chi connectivity index (χ2v) is 10.0. The molecule has 4 rings (SSSR count). The van der Waals surface area contributed by atoms with Crippen LogP contribution in [0.1, 0.15) is 22.3 Å². The Labute approximate surface area is 226 Å². The number of aryl methyl sites for hydroxylation is 4. The number of aromatic nitrogens is 2. The van der Waals surface area contributed by atoms with E-state index in [1.54, 1.807) is 23.4 Å². The molecule has 0 unspecified atom stereocenters. The molecule has 198 valence electrons. The van der Waals surface area contributed by atoms with Gasteiger partial charge in [0.15, 0.2) is 11.5 Å². The second kappa shape index (κ2) is 11.7. The predicted molar refractivity (Wildman–Crippen MR) is 150 cm³/mol. The number of quaternary nitrogens is 1. The summed E-state index contributed by atoms with van der Waals surface area (Å²) in [5.74, 6) is 1.28. The Bertz CT molecular complexity index is 1560. The number of fused-ring (bicyclic) bond motifs is 3. The minimum Gasteiger partial charge on any atom is -0.493 e. The number of ether oxygens (including phenoxy) is 2. The van der Waals surface area contributed by atoms with Gasteiger partial charge in [0, 0.05) is 18.2 Å². The number of nitrogens with zero attached hydrogens (tertiary/aromatic N) is 5. The Kier molecular flexibility index (Phi) is 8.39. The molecule has 0 aliphatic carbocycles. The van der Waals surface area contributed by atoms with Gasteiger partial charge in [0.1, 0.15) is 12.0 Å². The number of amidine groups is 1. The maximum absolute atomic E-state index is 13.9. The van der Waals surface area contributed by atoms with Crippen molar-refractivity contribution < 1.29 is 14.8 Å². The van der Waals surface area contributed by atoms with Crippen molar-refractivity contribution in [3.8, 4) is 28.9 Å². The summed E-state index contributed by atoms with van der Waals surface area (Å²) in [6.45, 7) is 7.64. The Balaban J connectivity index is 1.92. The fourth-order valence-corrected chi connectivity index (χ4v) is 5.39. The first kappa shape index (κ1) is 27.2. The summed E-state index contributed by atoms with van der Waals surface area (Å²) in [6, 6.07) is 10.1. The molecule has 0 saturated carbocycles. The molecule has 0 radical (unpaired) electrons. The monoisotopic (exact) mass is 533 g/mol. The molecule has 0 atom stereocenters. The van der Waals surface area contributed by atoms with Gasteiger partial charge in [-0.3, -0.25) is 14.5 Å². The summed E-state index contributed by atoms with van der Waals surface area (Å²) in [5, 5.41) is 11.4. The summed E-state index contributed by atoms with van der Waals surface area (Å²) >= 11 is 1.40. The molecule has 1 aromatic heterocycles. The Morgan fingerprint density at radius 1 is 1.11 bits per heavy atom. The number of nitrogens with two attached hydrogens (primary N) is 1. The van der Waals surface area contributed by atoms with Gasteiger partial charge in [0.25, 0.3) is 5.17 Å². The number of aliphatic imine (C=N–C) groups is 1. The van der Waals surface area contributed by atoms with Gasteiger partial charge in [-0.25, -0.2) is 9.79 Å². The highest BCUT2D eigenvalue weighted by Crippen LogP contribution is 2.37. The molecule has 10 heteroatoms. The van der Waals surface area contributed by atoms with Crippen molar-refractivity contribution in [2.45, 2.75) is 40.3 Å². The summed E-state index contributed by atoms with van der Waals surface area (Å²) in [4.78, 5) is 22.8. The lowest BCUT2D eigenvalue weighted by Gasteiger charge is -2.24. The van der Waals surface area contributed by atoms with Crippen molar-refractivity contribution in [2.75, 3.05) is 27.0 Å². The van der Waals surface area contributed by atoms with Crippen LogP contribution in [0.4, 0.5) is 5.69 Å². The summed E-state index contributed by atoms with van der Waals surface area (Å²) in [5.41, 5.74) is 7.42. The lowest BCUT2D eigenvalue weighted by molar-refractivity contribution is -0.535. The Hall–Kier alpha value is -3.81. The average molecular weight is 534 g/mol. The second-order valence-electron chi connectivity index (χ2n) is 9.19. The zero-order chi connectivity index (χ0) is 27.4. The third-order valence-electron chi connectivity index (χ3n) is 6.69. The topological polar surface area (TPSA) is 111 Å². The molecule has 0 spiro atoms. The molecule has 0 amide bonds. The van der Waals surface area contributed by atoms with Crippen molar-refractivity contribution in [3.63, 3.8) is 0 Å². The normalized spacial score (nSPS) is 13.1. The van der Waals surface area contributed by atoms with Crippen molar-refractivity contribution in [1.29, 1.82) is 5.26 Å². The third-order valence-corrected chi connectivity index (χ3v) is 7.36. The molecular weight excluding hydrogens is 500 g/mol. The van der Waals surface area contributed by atoms with Gasteiger partial charge in [-0.15, -0.1) is 4.99 Å². The van der Waals surface area contributed by atoms with E-state index in [0.29, 0.717) is 48.2 Å². The first-order valence-electron chi connectivity index (χ1n) is 12.4. The van der Waals surface area contributed by atoms with Crippen LogP contribution < -0.4 is 26.0 Å². The van der Waals surface area contributed by atoms with E-state index in [1.807, 2.05) is 49.8 Å². The smallest absolute Gasteiger partial charge is 0.330 e. The number of methoxy groups -OCH3 is 2. The predicted octanol–water partition coefficient (Wildman–Crippen LogP) is 2.81. The fourth-order valence-electron chi connectivity index (χ4n) is 4.97. The van der Waals surface area contributed by atoms with Gasteiger partial charge in [-0.2, -0.15) is 5.26 Å². The SMILES string of the molecule is COc1cc2c(cc1OC)-c1cc(=Nc3c(C)cc(C)cc3C)n(CC[NH2+]C(=NC#N)SC)c(=O)n1CC2. The standard InChI is InChI=1S/C28H32N6O3S/c1-17-11-18(2)26(19(3)12-17)32-25-15-22-21-14-24(37-5)23(36-4)13-20(21)7-9-33(22)28(35)34(25)10-8-30-27(38-6)31-16-29/h11-15H,7-10H2,1-6H3,(H,30,31)/p+1. The number of hydrogen-bond acceptors (Lipinski definition) is 7. The van der Waals surface area contributed by atoms with Crippen molar-refractivity contribution in [2.24, 2.45) is 9.98 Å². The Morgan fingerprint density at radius 2 is 1.79 bits per heavy atom. The molecule has 0 saturated heterocycles. The minimum atomic E-state index is -0.125. The third kappa shape index (κ3) is 5.39. The lowest BCUT2D eigenvalue weighted by atomic mass is 9.97. The van der Waals surface area contributed by atoms with E-state index >= 15 is 0 Å². The maximum atomic E-state index is 13.9. The van der Waals surface area contributed by atoms with E-state index in [9.17, 15) is 4.79 Å². The van der Waals surface area contributed by atoms with E-state index in [-0.39, 0.29) is 5.69 Å². The van der Waals surface area contributed by atoms with Crippen LogP contribution >= 0.6 is 11.8 Å². The van der Waals surface area contributed by atoms with Gasteiger partial charge in [-0.05, 0) is 74.0 Å². The van der Waals surface area contributed by atoms with Gasteiger partial charge in [-0.1, -0.05) is 17.7 Å². The maximum Gasteiger partial charge on any atom is 0.330 e. The zero-order valence-corrected chi connectivity index (χ0v) is 23.5. The highest BCUT2D eigenvalue weighted by molar-refractivity contribution is 8.12. The molecule has 0 bridgehead atoms. The molecule has 1 aliphatic rings. The summed E-state index contributed by atoms with van der Waals surface area (Å²) in [6.07, 6.45) is 4.41. The van der Waals surface area contributed by atoms with Gasteiger partial charge in [0.2, 0.25) is 6.19 Å². The van der Waals surface area contributed by atoms with Gasteiger partial charge >= 0.3 is 5.69 Å². The number of hydrogen-bond donors (Lipinski definition) is 1. The first-order chi connectivity index (χ1) is 18.3. The van der Waals surface area contributed by atoms with Gasteiger partial charge in [0.05, 0.1) is 32.1 Å². The van der Waals surface area contributed by atoms with Crippen LogP contribution in [-0.4, -0.2) is 41.3 Å². The van der Waals surface area contributed by atoms with Crippen molar-refractivity contribution in [3.05, 3.63) is 68.6 Å². The highest BCUT2D eigenvalue weighted by Gasteiger charge is 2.22. The van der Waals surface area contributed by atoms with E-state index in [1.165, 1.54) is 17.3 Å². The lowest BCUT2D eigenvalue weighted by Crippen LogP contribution is -2.88. The Morgan fingerprint density at radius 3 is 2.42 bits per heavy atom. The van der Waals surface area contributed by atoms with E-state index in [2.05, 4.69) is 24.0 Å². The largest absolute Gasteiger partial charge is 0.493 e.